The van der Waals surface area contributed by atoms with Gasteiger partial charge in [0.2, 0.25) is 5.78 Å². The number of halogens is 1. The lowest BCUT2D eigenvalue weighted by molar-refractivity contribution is -0.385. The van der Waals surface area contributed by atoms with Crippen molar-refractivity contribution in [3.8, 4) is 5.75 Å². The maximum absolute atomic E-state index is 12.4. The van der Waals surface area contributed by atoms with Gasteiger partial charge in [0.05, 0.1) is 23.3 Å². The molecular formula is C16H15ClN2O6. The number of ether oxygens (including phenoxy) is 2. The van der Waals surface area contributed by atoms with E-state index in [0.717, 1.165) is 6.07 Å². The van der Waals surface area contributed by atoms with Gasteiger partial charge in [-0.3, -0.25) is 14.9 Å². The summed E-state index contributed by atoms with van der Waals surface area (Å²) in [4.78, 5) is 37.3. The van der Waals surface area contributed by atoms with Crippen LogP contribution in [0.25, 0.3) is 0 Å². The smallest absolute Gasteiger partial charge is 0.339 e. The lowest BCUT2D eigenvalue weighted by atomic mass is 10.1. The number of rotatable bonds is 6. The number of aryl methyl sites for hydroxylation is 1. The summed E-state index contributed by atoms with van der Waals surface area (Å²) < 4.78 is 9.96. The third-order valence-corrected chi connectivity index (χ3v) is 3.82. The third-order valence-electron chi connectivity index (χ3n) is 3.58. The summed E-state index contributed by atoms with van der Waals surface area (Å²) in [5.74, 6) is -1.09. The summed E-state index contributed by atoms with van der Waals surface area (Å²) in [5.41, 5.74) is 1.06. The predicted octanol–water partition coefficient (Wildman–Crippen LogP) is 3.24. The van der Waals surface area contributed by atoms with Gasteiger partial charge in [-0.15, -0.1) is 0 Å². The highest BCUT2D eigenvalue weighted by Crippen LogP contribution is 2.30. The number of aromatic nitrogens is 1. The van der Waals surface area contributed by atoms with E-state index in [2.05, 4.69) is 9.72 Å². The van der Waals surface area contributed by atoms with Crippen LogP contribution in [-0.2, 0) is 4.74 Å². The molecule has 0 saturated heterocycles. The fourth-order valence-corrected chi connectivity index (χ4v) is 2.57. The second kappa shape index (κ2) is 7.35. The molecule has 1 N–H and O–H groups in total. The number of hydrogen-bond donors (Lipinski definition) is 1. The number of esters is 1. The molecule has 1 aromatic heterocycles. The van der Waals surface area contributed by atoms with E-state index in [0.29, 0.717) is 11.3 Å². The highest BCUT2D eigenvalue weighted by atomic mass is 35.5. The first-order valence-electron chi connectivity index (χ1n) is 7.13. The second-order valence-corrected chi connectivity index (χ2v) is 5.63. The molecule has 25 heavy (non-hydrogen) atoms. The van der Waals surface area contributed by atoms with Crippen molar-refractivity contribution < 1.29 is 24.0 Å². The zero-order chi connectivity index (χ0) is 18.7. The Labute approximate surface area is 147 Å². The Morgan fingerprint density at radius 3 is 2.60 bits per heavy atom. The Kier molecular flexibility index (Phi) is 5.43. The van der Waals surface area contributed by atoms with Crippen molar-refractivity contribution >= 4 is 29.0 Å². The lowest BCUT2D eigenvalue weighted by Gasteiger charge is -2.06. The highest BCUT2D eigenvalue weighted by molar-refractivity contribution is 6.30. The van der Waals surface area contributed by atoms with Crippen LogP contribution in [0.2, 0.25) is 5.02 Å². The van der Waals surface area contributed by atoms with E-state index < -0.39 is 23.3 Å². The van der Waals surface area contributed by atoms with Crippen LogP contribution in [0, 0.1) is 24.0 Å². The molecule has 0 saturated carbocycles. The minimum atomic E-state index is -0.648. The van der Waals surface area contributed by atoms with Gasteiger partial charge in [0, 0.05) is 16.8 Å². The van der Waals surface area contributed by atoms with E-state index in [1.54, 1.807) is 13.8 Å². The largest absolute Gasteiger partial charge is 0.478 e. The fourth-order valence-electron chi connectivity index (χ4n) is 2.41. The number of carbonyl (C=O) groups is 2. The first-order chi connectivity index (χ1) is 11.8. The molecule has 0 aliphatic carbocycles. The number of aromatic amines is 1. The zero-order valence-electron chi connectivity index (χ0n) is 13.7. The number of nitro groups is 1. The maximum Gasteiger partial charge on any atom is 0.339 e. The predicted molar refractivity (Wildman–Crippen MR) is 89.5 cm³/mol. The molecule has 2 aromatic rings. The van der Waals surface area contributed by atoms with E-state index in [1.807, 2.05) is 0 Å². The number of Topliss-reactive ketones (excluding diaryl/α,β-unsaturated/α-hetero) is 1. The maximum atomic E-state index is 12.4. The average molecular weight is 367 g/mol. The van der Waals surface area contributed by atoms with Crippen LogP contribution >= 0.6 is 11.6 Å². The highest BCUT2D eigenvalue weighted by Gasteiger charge is 2.23. The first-order valence-corrected chi connectivity index (χ1v) is 7.51. The molecule has 8 nitrogen and oxygen atoms in total. The molecule has 132 valence electrons. The summed E-state index contributed by atoms with van der Waals surface area (Å²) >= 11 is 5.73. The van der Waals surface area contributed by atoms with Gasteiger partial charge in [-0.1, -0.05) is 11.6 Å². The van der Waals surface area contributed by atoms with E-state index in [4.69, 9.17) is 16.3 Å². The standard InChI is InChI=1S/C16H15ClN2O6/c1-8-14(16(21)24-3)9(2)18-15(8)12(20)7-25-13-5-4-10(17)6-11(13)19(22)23/h4-6,18H,7H2,1-3H3. The third kappa shape index (κ3) is 3.80. The number of ketones is 1. The molecule has 0 radical (unpaired) electrons. The summed E-state index contributed by atoms with van der Waals surface area (Å²) in [6.07, 6.45) is 0. The van der Waals surface area contributed by atoms with Gasteiger partial charge in [-0.05, 0) is 31.5 Å². The number of benzene rings is 1. The number of carbonyl (C=O) groups excluding carboxylic acids is 2. The van der Waals surface area contributed by atoms with Crippen molar-refractivity contribution in [2.45, 2.75) is 13.8 Å². The molecule has 1 aromatic carbocycles. The molecule has 0 fully saturated rings. The molecule has 0 aliphatic heterocycles. The Bertz CT molecular complexity index is 859. The zero-order valence-corrected chi connectivity index (χ0v) is 14.5. The molecule has 2 rings (SSSR count). The molecule has 0 aliphatic rings. The quantitative estimate of drug-likeness (QED) is 0.363. The van der Waals surface area contributed by atoms with Crippen LogP contribution in [0.5, 0.6) is 5.75 Å². The monoisotopic (exact) mass is 366 g/mol. The Morgan fingerprint density at radius 2 is 2.00 bits per heavy atom. The number of hydrogen-bond acceptors (Lipinski definition) is 6. The summed E-state index contributed by atoms with van der Waals surface area (Å²) in [7, 11) is 1.25. The number of nitro benzene ring substituents is 1. The molecule has 9 heteroatoms. The molecule has 1 heterocycles. The van der Waals surface area contributed by atoms with Crippen LogP contribution < -0.4 is 4.74 Å². The van der Waals surface area contributed by atoms with E-state index >= 15 is 0 Å². The van der Waals surface area contributed by atoms with Crippen LogP contribution in [-0.4, -0.2) is 35.4 Å². The van der Waals surface area contributed by atoms with Crippen LogP contribution in [0.1, 0.15) is 32.1 Å². The van der Waals surface area contributed by atoms with Gasteiger partial charge in [0.1, 0.15) is 0 Å². The minimum Gasteiger partial charge on any atom is -0.478 e. The number of methoxy groups -OCH3 is 1. The van der Waals surface area contributed by atoms with Crippen molar-refractivity contribution in [3.63, 3.8) is 0 Å². The van der Waals surface area contributed by atoms with Crippen molar-refractivity contribution in [1.82, 2.24) is 4.98 Å². The number of nitrogens with one attached hydrogen (secondary N) is 1. The van der Waals surface area contributed by atoms with Gasteiger partial charge in [-0.2, -0.15) is 0 Å². The van der Waals surface area contributed by atoms with Crippen molar-refractivity contribution in [1.29, 1.82) is 0 Å². The average Bonchev–Trinajstić information content (AvgIpc) is 2.87. The molecule has 0 unspecified atom stereocenters. The normalized spacial score (nSPS) is 10.4. The van der Waals surface area contributed by atoms with Crippen LogP contribution in [0.15, 0.2) is 18.2 Å². The molecule has 0 atom stereocenters. The van der Waals surface area contributed by atoms with Crippen LogP contribution in [0.4, 0.5) is 5.69 Å². The summed E-state index contributed by atoms with van der Waals surface area (Å²) in [5, 5.41) is 11.2. The second-order valence-electron chi connectivity index (χ2n) is 5.20. The summed E-state index contributed by atoms with van der Waals surface area (Å²) in [6, 6.07) is 3.88. The number of H-pyrrole nitrogens is 1. The van der Waals surface area contributed by atoms with Crippen molar-refractivity contribution in [2.24, 2.45) is 0 Å². The first kappa shape index (κ1) is 18.5. The minimum absolute atomic E-state index is 0.0723. The van der Waals surface area contributed by atoms with E-state index in [-0.39, 0.29) is 27.7 Å². The Hall–Kier alpha value is -2.87. The van der Waals surface area contributed by atoms with Crippen molar-refractivity contribution in [3.05, 3.63) is 55.9 Å². The SMILES string of the molecule is COC(=O)c1c(C)[nH]c(C(=O)COc2ccc(Cl)cc2[N+](=O)[O-])c1C. The van der Waals surface area contributed by atoms with E-state index in [1.165, 1.54) is 19.2 Å². The van der Waals surface area contributed by atoms with Gasteiger partial charge in [0.15, 0.2) is 12.4 Å². The van der Waals surface area contributed by atoms with Gasteiger partial charge >= 0.3 is 11.7 Å². The van der Waals surface area contributed by atoms with E-state index in [9.17, 15) is 19.7 Å². The van der Waals surface area contributed by atoms with Gasteiger partial charge < -0.3 is 14.5 Å². The fraction of sp³-hybridized carbons (Fsp3) is 0.250. The molecular weight excluding hydrogens is 352 g/mol. The van der Waals surface area contributed by atoms with Gasteiger partial charge in [-0.25, -0.2) is 4.79 Å². The van der Waals surface area contributed by atoms with Crippen LogP contribution in [0.3, 0.4) is 0 Å². The number of nitrogens with zero attached hydrogens (tertiary/aromatic N) is 1. The van der Waals surface area contributed by atoms with Gasteiger partial charge in [0.25, 0.3) is 0 Å². The molecule has 0 amide bonds. The summed E-state index contributed by atoms with van der Waals surface area (Å²) in [6.45, 7) is 2.80. The topological polar surface area (TPSA) is 112 Å². The Balaban J connectivity index is 2.22. The molecule has 0 spiro atoms. The Morgan fingerprint density at radius 1 is 1.32 bits per heavy atom. The molecule has 0 bridgehead atoms. The lowest BCUT2D eigenvalue weighted by Crippen LogP contribution is -2.14. The van der Waals surface area contributed by atoms with Crippen molar-refractivity contribution in [2.75, 3.05) is 13.7 Å².